The van der Waals surface area contributed by atoms with Crippen LogP contribution in [0.4, 0.5) is 5.69 Å². The van der Waals surface area contributed by atoms with Crippen molar-refractivity contribution >= 4 is 21.6 Å². The number of nitrogen functional groups attached to an aromatic ring is 1. The number of ether oxygens (including phenoxy) is 1. The summed E-state index contributed by atoms with van der Waals surface area (Å²) >= 11 is 3.45. The summed E-state index contributed by atoms with van der Waals surface area (Å²) in [7, 11) is 0. The van der Waals surface area contributed by atoms with Crippen molar-refractivity contribution in [1.82, 2.24) is 0 Å². The van der Waals surface area contributed by atoms with E-state index in [-0.39, 0.29) is 0 Å². The van der Waals surface area contributed by atoms with Gasteiger partial charge in [-0.3, -0.25) is 0 Å². The Labute approximate surface area is 73.5 Å². The number of nitrogens with two attached hydrogens (primary N) is 1. The minimum atomic E-state index is 0.653. The van der Waals surface area contributed by atoms with Crippen LogP contribution in [0.15, 0.2) is 16.6 Å². The van der Waals surface area contributed by atoms with Crippen LogP contribution in [0.5, 0.6) is 0 Å². The zero-order valence-electron chi connectivity index (χ0n) is 5.93. The molecule has 0 bridgehead atoms. The molecule has 0 atom stereocenters. The quantitative estimate of drug-likeness (QED) is 0.671. The highest BCUT2D eigenvalue weighted by molar-refractivity contribution is 9.10. The second kappa shape index (κ2) is 2.50. The van der Waals surface area contributed by atoms with Gasteiger partial charge in [-0.15, -0.1) is 0 Å². The lowest BCUT2D eigenvalue weighted by molar-refractivity contribution is 0.134. The lowest BCUT2D eigenvalue weighted by Gasteiger charge is -2.02. The van der Waals surface area contributed by atoms with Gasteiger partial charge in [-0.2, -0.15) is 0 Å². The summed E-state index contributed by atoms with van der Waals surface area (Å²) in [5.41, 5.74) is 8.91. The Morgan fingerprint density at radius 1 is 1.27 bits per heavy atom. The largest absolute Gasteiger partial charge is 0.398 e. The van der Waals surface area contributed by atoms with Crippen LogP contribution in [0.25, 0.3) is 0 Å². The van der Waals surface area contributed by atoms with Crippen LogP contribution >= 0.6 is 15.9 Å². The molecule has 1 aromatic rings. The highest BCUT2D eigenvalue weighted by Crippen LogP contribution is 2.31. The summed E-state index contributed by atoms with van der Waals surface area (Å²) in [5, 5.41) is 0. The van der Waals surface area contributed by atoms with E-state index >= 15 is 0 Å². The number of halogens is 1. The number of hydrogen-bond acceptors (Lipinski definition) is 2. The fourth-order valence-electron chi connectivity index (χ4n) is 1.26. The number of fused-ring (bicyclic) bond motifs is 1. The maximum atomic E-state index is 5.74. The lowest BCUT2D eigenvalue weighted by Crippen LogP contribution is -1.93. The molecule has 3 heteroatoms. The van der Waals surface area contributed by atoms with E-state index in [2.05, 4.69) is 15.9 Å². The molecule has 0 fully saturated rings. The normalized spacial score (nSPS) is 15.0. The first-order chi connectivity index (χ1) is 5.29. The molecule has 2 nitrogen and oxygen atoms in total. The van der Waals surface area contributed by atoms with Crippen LogP contribution in [-0.4, -0.2) is 0 Å². The number of rotatable bonds is 0. The molecular weight excluding hydrogens is 206 g/mol. The van der Waals surface area contributed by atoms with E-state index in [9.17, 15) is 0 Å². The molecular formula is C8H8BrNO. The van der Waals surface area contributed by atoms with E-state index in [1.807, 2.05) is 12.1 Å². The Morgan fingerprint density at radius 2 is 2.00 bits per heavy atom. The van der Waals surface area contributed by atoms with E-state index in [0.29, 0.717) is 13.2 Å². The van der Waals surface area contributed by atoms with Crippen LogP contribution < -0.4 is 5.73 Å². The predicted octanol–water partition coefficient (Wildman–Crippen LogP) is 2.06. The van der Waals surface area contributed by atoms with Crippen molar-refractivity contribution in [1.29, 1.82) is 0 Å². The van der Waals surface area contributed by atoms with Gasteiger partial charge >= 0.3 is 0 Å². The number of hydrogen-bond donors (Lipinski definition) is 1. The molecule has 0 amide bonds. The fourth-order valence-corrected chi connectivity index (χ4v) is 1.75. The lowest BCUT2D eigenvalue weighted by atomic mass is 10.1. The molecule has 2 rings (SSSR count). The van der Waals surface area contributed by atoms with Crippen LogP contribution in [0.3, 0.4) is 0 Å². The Hall–Kier alpha value is -0.540. The summed E-state index contributed by atoms with van der Waals surface area (Å²) < 4.78 is 6.36. The van der Waals surface area contributed by atoms with Gasteiger partial charge < -0.3 is 10.5 Å². The van der Waals surface area contributed by atoms with Gasteiger partial charge in [-0.1, -0.05) is 15.9 Å². The number of anilines is 1. The Morgan fingerprint density at radius 3 is 2.73 bits per heavy atom. The molecule has 0 unspecified atom stereocenters. The van der Waals surface area contributed by atoms with Gasteiger partial charge in [0.1, 0.15) is 0 Å². The first-order valence-corrected chi connectivity index (χ1v) is 4.22. The molecule has 1 heterocycles. The minimum Gasteiger partial charge on any atom is -0.398 e. The van der Waals surface area contributed by atoms with Crippen molar-refractivity contribution in [3.8, 4) is 0 Å². The maximum absolute atomic E-state index is 5.74. The predicted molar refractivity (Wildman–Crippen MR) is 47.0 cm³/mol. The second-order valence-corrected chi connectivity index (χ2v) is 3.44. The van der Waals surface area contributed by atoms with E-state index in [1.54, 1.807) is 0 Å². The van der Waals surface area contributed by atoms with Gasteiger partial charge in [0, 0.05) is 15.7 Å². The highest BCUT2D eigenvalue weighted by atomic mass is 79.9. The van der Waals surface area contributed by atoms with E-state index in [4.69, 9.17) is 10.5 Å². The molecule has 0 saturated heterocycles. The molecule has 1 aliphatic heterocycles. The molecule has 0 spiro atoms. The molecule has 0 radical (unpaired) electrons. The van der Waals surface area contributed by atoms with Crippen molar-refractivity contribution in [2.75, 3.05) is 5.73 Å². The number of benzene rings is 1. The van der Waals surface area contributed by atoms with Gasteiger partial charge in [0.25, 0.3) is 0 Å². The monoisotopic (exact) mass is 213 g/mol. The molecule has 0 aliphatic carbocycles. The van der Waals surface area contributed by atoms with Crippen molar-refractivity contribution < 1.29 is 4.74 Å². The average Bonchev–Trinajstić information content (AvgIpc) is 2.45. The fraction of sp³-hybridized carbons (Fsp3) is 0.250. The van der Waals surface area contributed by atoms with Crippen molar-refractivity contribution in [3.05, 3.63) is 27.7 Å². The van der Waals surface area contributed by atoms with Gasteiger partial charge in [-0.25, -0.2) is 0 Å². The Bertz CT molecular complexity index is 269. The molecule has 0 aromatic heterocycles. The summed E-state index contributed by atoms with van der Waals surface area (Å²) in [4.78, 5) is 0. The summed E-state index contributed by atoms with van der Waals surface area (Å²) in [6.45, 7) is 1.33. The van der Waals surface area contributed by atoms with Crippen molar-refractivity contribution in [2.45, 2.75) is 13.2 Å². The molecule has 0 saturated carbocycles. The van der Waals surface area contributed by atoms with E-state index < -0.39 is 0 Å². The van der Waals surface area contributed by atoms with Crippen LogP contribution in [0.2, 0.25) is 0 Å². The third kappa shape index (κ3) is 1.04. The van der Waals surface area contributed by atoms with Gasteiger partial charge in [0.15, 0.2) is 0 Å². The van der Waals surface area contributed by atoms with Crippen molar-refractivity contribution in [2.24, 2.45) is 0 Å². The molecule has 1 aliphatic rings. The Kier molecular flexibility index (Phi) is 1.62. The Balaban J connectivity index is 2.64. The third-order valence-electron chi connectivity index (χ3n) is 1.90. The smallest absolute Gasteiger partial charge is 0.0745 e. The van der Waals surface area contributed by atoms with E-state index in [1.165, 1.54) is 5.56 Å². The molecule has 1 aromatic carbocycles. The van der Waals surface area contributed by atoms with Crippen LogP contribution in [-0.2, 0) is 18.0 Å². The standard InChI is InChI=1S/C8H8BrNO/c9-7-1-2-8(10)6-4-11-3-5(6)7/h1-2H,3-4,10H2. The van der Waals surface area contributed by atoms with Crippen molar-refractivity contribution in [3.63, 3.8) is 0 Å². The molecule has 58 valence electrons. The molecule has 11 heavy (non-hydrogen) atoms. The first-order valence-electron chi connectivity index (χ1n) is 3.42. The summed E-state index contributed by atoms with van der Waals surface area (Å²) in [6, 6.07) is 3.86. The summed E-state index contributed by atoms with van der Waals surface area (Å²) in [5.74, 6) is 0. The third-order valence-corrected chi connectivity index (χ3v) is 2.65. The molecule has 2 N–H and O–H groups in total. The average molecular weight is 214 g/mol. The van der Waals surface area contributed by atoms with E-state index in [0.717, 1.165) is 15.7 Å². The summed E-state index contributed by atoms with van der Waals surface area (Å²) in [6.07, 6.45) is 0. The van der Waals surface area contributed by atoms with Gasteiger partial charge in [0.2, 0.25) is 0 Å². The second-order valence-electron chi connectivity index (χ2n) is 2.59. The minimum absolute atomic E-state index is 0.653. The van der Waals surface area contributed by atoms with Gasteiger partial charge in [0.05, 0.1) is 13.2 Å². The first kappa shape index (κ1) is 7.13. The highest BCUT2D eigenvalue weighted by Gasteiger charge is 2.16. The maximum Gasteiger partial charge on any atom is 0.0745 e. The zero-order valence-corrected chi connectivity index (χ0v) is 7.52. The topological polar surface area (TPSA) is 35.2 Å². The van der Waals surface area contributed by atoms with Gasteiger partial charge in [-0.05, 0) is 17.7 Å². The van der Waals surface area contributed by atoms with Crippen LogP contribution in [0, 0.1) is 0 Å². The SMILES string of the molecule is Nc1ccc(Br)c2c1COC2. The van der Waals surface area contributed by atoms with Crippen LogP contribution in [0.1, 0.15) is 11.1 Å². The zero-order chi connectivity index (χ0) is 7.84.